The van der Waals surface area contributed by atoms with Crippen LogP contribution in [-0.2, 0) is 26.2 Å². The number of ether oxygens (including phenoxy) is 1. The van der Waals surface area contributed by atoms with Gasteiger partial charge in [0, 0.05) is 13.1 Å². The van der Waals surface area contributed by atoms with Crippen molar-refractivity contribution < 1.29 is 27.1 Å². The number of sulfonamides is 1. The number of unbranched alkanes of at least 4 members (excludes halogenated alkanes) is 1. The SMILES string of the molecule is CCCCNC(=O)[C@@H](CC)N(Cc1ccc(F)cc1)C(=O)CN(c1ccccc1OC)S(C)(=O)=O. The van der Waals surface area contributed by atoms with E-state index in [0.717, 1.165) is 23.4 Å². The standard InChI is InChI=1S/C25H34FN3O5S/c1-5-7-16-27-25(31)21(6-2)28(17-19-12-14-20(26)15-13-19)24(30)18-29(35(4,32)33)22-10-8-9-11-23(22)34-3/h8-15,21H,5-7,16-18H2,1-4H3,(H,27,31)/t21-/m1/s1. The Morgan fingerprint density at radius 3 is 2.31 bits per heavy atom. The number of anilines is 1. The summed E-state index contributed by atoms with van der Waals surface area (Å²) in [5.41, 5.74) is 0.829. The molecule has 0 heterocycles. The molecule has 0 aromatic heterocycles. The van der Waals surface area contributed by atoms with Crippen LogP contribution in [0.2, 0.25) is 0 Å². The molecule has 8 nitrogen and oxygen atoms in total. The minimum absolute atomic E-state index is 0.0162. The topological polar surface area (TPSA) is 96.0 Å². The molecule has 2 rings (SSSR count). The third-order valence-electron chi connectivity index (χ3n) is 5.51. The van der Waals surface area contributed by atoms with Gasteiger partial charge in [-0.3, -0.25) is 13.9 Å². The Bertz CT molecular complexity index is 1090. The molecule has 0 bridgehead atoms. The lowest BCUT2D eigenvalue weighted by Gasteiger charge is -2.33. The average Bonchev–Trinajstić information content (AvgIpc) is 2.83. The second-order valence-corrected chi connectivity index (χ2v) is 10.1. The monoisotopic (exact) mass is 507 g/mol. The number of carbonyl (C=O) groups is 2. The van der Waals surface area contributed by atoms with Gasteiger partial charge in [-0.25, -0.2) is 12.8 Å². The molecular formula is C25H34FN3O5S. The van der Waals surface area contributed by atoms with Crippen molar-refractivity contribution in [3.8, 4) is 5.75 Å². The van der Waals surface area contributed by atoms with E-state index < -0.39 is 34.3 Å². The van der Waals surface area contributed by atoms with Gasteiger partial charge in [0.15, 0.2) is 0 Å². The molecule has 2 aromatic rings. The third kappa shape index (κ3) is 7.95. The number of halogens is 1. The first kappa shape index (κ1) is 28.1. The number of methoxy groups -OCH3 is 1. The van der Waals surface area contributed by atoms with E-state index in [9.17, 15) is 22.4 Å². The molecule has 0 spiro atoms. The van der Waals surface area contributed by atoms with Crippen molar-refractivity contribution in [3.05, 3.63) is 59.9 Å². The molecule has 0 aliphatic heterocycles. The number of benzene rings is 2. The van der Waals surface area contributed by atoms with Gasteiger partial charge in [0.2, 0.25) is 21.8 Å². The van der Waals surface area contributed by atoms with Crippen molar-refractivity contribution in [2.24, 2.45) is 0 Å². The molecular weight excluding hydrogens is 473 g/mol. The molecule has 2 aromatic carbocycles. The molecule has 1 atom stereocenters. The van der Waals surface area contributed by atoms with Crippen LogP contribution >= 0.6 is 0 Å². The first-order valence-electron chi connectivity index (χ1n) is 11.5. The fourth-order valence-electron chi connectivity index (χ4n) is 3.64. The van der Waals surface area contributed by atoms with Gasteiger partial charge in [0.25, 0.3) is 0 Å². The maximum Gasteiger partial charge on any atom is 0.244 e. The van der Waals surface area contributed by atoms with Crippen molar-refractivity contribution in [2.75, 3.05) is 30.8 Å². The van der Waals surface area contributed by atoms with Crippen molar-refractivity contribution in [1.29, 1.82) is 0 Å². The summed E-state index contributed by atoms with van der Waals surface area (Å²) < 4.78 is 45.1. The smallest absolute Gasteiger partial charge is 0.244 e. The minimum atomic E-state index is -3.87. The average molecular weight is 508 g/mol. The van der Waals surface area contributed by atoms with Gasteiger partial charge in [0.1, 0.15) is 24.2 Å². The van der Waals surface area contributed by atoms with Gasteiger partial charge in [-0.15, -0.1) is 0 Å². The highest BCUT2D eigenvalue weighted by Gasteiger charge is 2.32. The number of rotatable bonds is 13. The molecule has 0 aliphatic carbocycles. The highest BCUT2D eigenvalue weighted by atomic mass is 32.2. The second-order valence-electron chi connectivity index (χ2n) is 8.16. The van der Waals surface area contributed by atoms with E-state index in [4.69, 9.17) is 4.74 Å². The van der Waals surface area contributed by atoms with Gasteiger partial charge in [-0.1, -0.05) is 44.5 Å². The van der Waals surface area contributed by atoms with Crippen LogP contribution in [-0.4, -0.2) is 57.6 Å². The Kier molecular flexibility index (Phi) is 10.5. The third-order valence-corrected chi connectivity index (χ3v) is 6.64. The fourth-order valence-corrected chi connectivity index (χ4v) is 4.50. The van der Waals surface area contributed by atoms with Crippen LogP contribution < -0.4 is 14.4 Å². The molecule has 0 aliphatic rings. The van der Waals surface area contributed by atoms with E-state index in [1.807, 2.05) is 6.92 Å². The summed E-state index contributed by atoms with van der Waals surface area (Å²) in [6.07, 6.45) is 3.02. The minimum Gasteiger partial charge on any atom is -0.495 e. The van der Waals surface area contributed by atoms with Crippen LogP contribution in [0.3, 0.4) is 0 Å². The largest absolute Gasteiger partial charge is 0.495 e. The van der Waals surface area contributed by atoms with Crippen LogP contribution in [0.1, 0.15) is 38.7 Å². The lowest BCUT2D eigenvalue weighted by molar-refractivity contribution is -0.140. The summed E-state index contributed by atoms with van der Waals surface area (Å²) in [6, 6.07) is 11.3. The Labute approximate surface area is 207 Å². The van der Waals surface area contributed by atoms with E-state index in [1.54, 1.807) is 31.2 Å². The zero-order valence-electron chi connectivity index (χ0n) is 20.7. The number of nitrogens with one attached hydrogen (secondary N) is 1. The molecule has 35 heavy (non-hydrogen) atoms. The number of amides is 2. The van der Waals surface area contributed by atoms with Crippen LogP contribution in [0, 0.1) is 5.82 Å². The van der Waals surface area contributed by atoms with Gasteiger partial charge >= 0.3 is 0 Å². The lowest BCUT2D eigenvalue weighted by atomic mass is 10.1. The summed E-state index contributed by atoms with van der Waals surface area (Å²) in [7, 11) is -2.46. The quantitative estimate of drug-likeness (QED) is 0.420. The van der Waals surface area contributed by atoms with Crippen LogP contribution in [0.5, 0.6) is 5.75 Å². The fraction of sp³-hybridized carbons (Fsp3) is 0.440. The van der Waals surface area contributed by atoms with E-state index >= 15 is 0 Å². The highest BCUT2D eigenvalue weighted by molar-refractivity contribution is 7.92. The molecule has 0 saturated heterocycles. The Morgan fingerprint density at radius 2 is 1.74 bits per heavy atom. The number of hydrogen-bond acceptors (Lipinski definition) is 5. The number of nitrogens with zero attached hydrogens (tertiary/aromatic N) is 2. The summed E-state index contributed by atoms with van der Waals surface area (Å²) in [6.45, 7) is 3.75. The maximum atomic E-state index is 13.6. The molecule has 1 N–H and O–H groups in total. The molecule has 0 fully saturated rings. The second kappa shape index (κ2) is 13.1. The summed E-state index contributed by atoms with van der Waals surface area (Å²) in [4.78, 5) is 27.9. The first-order chi connectivity index (χ1) is 16.6. The molecule has 192 valence electrons. The number of hydrogen-bond donors (Lipinski definition) is 1. The van der Waals surface area contributed by atoms with E-state index in [1.165, 1.54) is 36.3 Å². The lowest BCUT2D eigenvalue weighted by Crippen LogP contribution is -2.52. The predicted octanol–water partition coefficient (Wildman–Crippen LogP) is 3.32. The molecule has 10 heteroatoms. The normalized spacial score (nSPS) is 12.0. The van der Waals surface area contributed by atoms with Crippen molar-refractivity contribution in [1.82, 2.24) is 10.2 Å². The van der Waals surface area contributed by atoms with Gasteiger partial charge < -0.3 is 15.0 Å². The molecule has 2 amide bonds. The summed E-state index contributed by atoms with van der Waals surface area (Å²) in [5, 5.41) is 2.85. The van der Waals surface area contributed by atoms with Crippen molar-refractivity contribution in [3.63, 3.8) is 0 Å². The zero-order valence-corrected chi connectivity index (χ0v) is 21.5. The van der Waals surface area contributed by atoms with Crippen molar-refractivity contribution >= 4 is 27.5 Å². The Morgan fingerprint density at radius 1 is 1.09 bits per heavy atom. The van der Waals surface area contributed by atoms with E-state index in [2.05, 4.69) is 5.32 Å². The summed E-state index contributed by atoms with van der Waals surface area (Å²) >= 11 is 0. The van der Waals surface area contributed by atoms with Crippen molar-refractivity contribution in [2.45, 2.75) is 45.7 Å². The number of carbonyl (C=O) groups excluding carboxylic acids is 2. The maximum absolute atomic E-state index is 13.6. The zero-order chi connectivity index (χ0) is 26.0. The Balaban J connectivity index is 2.43. The molecule has 0 unspecified atom stereocenters. The van der Waals surface area contributed by atoms with Gasteiger partial charge in [-0.2, -0.15) is 0 Å². The summed E-state index contributed by atoms with van der Waals surface area (Å²) in [5.74, 6) is -1.02. The van der Waals surface area contributed by atoms with Crippen LogP contribution in [0.25, 0.3) is 0 Å². The van der Waals surface area contributed by atoms with Crippen LogP contribution in [0.4, 0.5) is 10.1 Å². The van der Waals surface area contributed by atoms with Gasteiger partial charge in [-0.05, 0) is 42.7 Å². The molecule has 0 saturated carbocycles. The van der Waals surface area contributed by atoms with E-state index in [0.29, 0.717) is 24.3 Å². The highest BCUT2D eigenvalue weighted by Crippen LogP contribution is 2.29. The first-order valence-corrected chi connectivity index (χ1v) is 13.4. The Hall–Kier alpha value is -3.14. The predicted molar refractivity (Wildman–Crippen MR) is 134 cm³/mol. The van der Waals surface area contributed by atoms with Gasteiger partial charge in [0.05, 0.1) is 19.1 Å². The van der Waals surface area contributed by atoms with E-state index in [-0.39, 0.29) is 18.1 Å². The molecule has 0 radical (unpaired) electrons. The van der Waals surface area contributed by atoms with Crippen LogP contribution in [0.15, 0.2) is 48.5 Å². The number of para-hydroxylation sites is 2.